The van der Waals surface area contributed by atoms with Crippen LogP contribution in [0.2, 0.25) is 0 Å². The van der Waals surface area contributed by atoms with E-state index in [2.05, 4.69) is 10.1 Å². The van der Waals surface area contributed by atoms with E-state index in [0.29, 0.717) is 5.75 Å². The summed E-state index contributed by atoms with van der Waals surface area (Å²) < 4.78 is 34.2. The predicted molar refractivity (Wildman–Crippen MR) is 55.1 cm³/mol. The van der Waals surface area contributed by atoms with Crippen LogP contribution in [0.4, 0.5) is 8.78 Å². The fraction of sp³-hybridized carbons (Fsp3) is 0.455. The lowest BCUT2D eigenvalue weighted by atomic mass is 10.2. The van der Waals surface area contributed by atoms with Gasteiger partial charge in [-0.25, -0.2) is 0 Å². The quantitative estimate of drug-likeness (QED) is 0.856. The molecule has 1 N–H and O–H groups in total. The zero-order chi connectivity index (χ0) is 11.5. The molecule has 1 aliphatic heterocycles. The number of rotatable bonds is 4. The van der Waals surface area contributed by atoms with Crippen molar-refractivity contribution in [1.29, 1.82) is 0 Å². The van der Waals surface area contributed by atoms with Crippen LogP contribution in [0.15, 0.2) is 18.2 Å². The van der Waals surface area contributed by atoms with Crippen LogP contribution in [0.3, 0.4) is 0 Å². The van der Waals surface area contributed by atoms with E-state index in [1.54, 1.807) is 12.1 Å². The summed E-state index contributed by atoms with van der Waals surface area (Å²) in [6.07, 6.45) is 0.0434. The molecule has 1 saturated heterocycles. The Balaban J connectivity index is 2.14. The van der Waals surface area contributed by atoms with Crippen LogP contribution in [0.25, 0.3) is 0 Å². The molecule has 1 fully saturated rings. The number of ether oxygens (including phenoxy) is 2. The van der Waals surface area contributed by atoms with Gasteiger partial charge in [-0.05, 0) is 24.6 Å². The molecule has 0 unspecified atom stereocenters. The monoisotopic (exact) mass is 229 g/mol. The molecule has 0 atom stereocenters. The second-order valence-electron chi connectivity index (χ2n) is 3.73. The first-order valence-corrected chi connectivity index (χ1v) is 5.08. The van der Waals surface area contributed by atoms with Crippen molar-refractivity contribution in [3.63, 3.8) is 0 Å². The van der Waals surface area contributed by atoms with Gasteiger partial charge < -0.3 is 14.8 Å². The molecule has 0 bridgehead atoms. The van der Waals surface area contributed by atoms with Gasteiger partial charge in [0.2, 0.25) is 0 Å². The van der Waals surface area contributed by atoms with Gasteiger partial charge >= 0.3 is 6.61 Å². The van der Waals surface area contributed by atoms with Crippen LogP contribution in [-0.2, 0) is 0 Å². The number of benzene rings is 1. The highest BCUT2D eigenvalue weighted by Crippen LogP contribution is 2.30. The van der Waals surface area contributed by atoms with E-state index in [4.69, 9.17) is 4.74 Å². The molecule has 0 saturated carbocycles. The standard InChI is InChI=1S/C11H13F2NO2/c1-7-2-3-9(16-11(12)13)10(4-7)15-8-5-14-6-8/h2-4,8,11,14H,5-6H2,1H3. The number of hydrogen-bond donors (Lipinski definition) is 1. The van der Waals surface area contributed by atoms with E-state index < -0.39 is 6.61 Å². The van der Waals surface area contributed by atoms with E-state index in [0.717, 1.165) is 18.7 Å². The summed E-state index contributed by atoms with van der Waals surface area (Å²) in [5.41, 5.74) is 0.948. The van der Waals surface area contributed by atoms with E-state index in [1.165, 1.54) is 6.07 Å². The van der Waals surface area contributed by atoms with Crippen LogP contribution < -0.4 is 14.8 Å². The SMILES string of the molecule is Cc1ccc(OC(F)F)c(OC2CNC2)c1. The minimum Gasteiger partial charge on any atom is -0.484 e. The van der Waals surface area contributed by atoms with Crippen LogP contribution in [0.5, 0.6) is 11.5 Å². The number of nitrogens with one attached hydrogen (secondary N) is 1. The Morgan fingerprint density at radius 2 is 2.06 bits per heavy atom. The first-order valence-electron chi connectivity index (χ1n) is 5.08. The predicted octanol–water partition coefficient (Wildman–Crippen LogP) is 1.95. The molecule has 88 valence electrons. The molecular weight excluding hydrogens is 216 g/mol. The van der Waals surface area contributed by atoms with Gasteiger partial charge in [-0.15, -0.1) is 0 Å². The Morgan fingerprint density at radius 3 is 2.62 bits per heavy atom. The molecule has 1 aromatic carbocycles. The normalized spacial score (nSPS) is 16.0. The Kier molecular flexibility index (Phi) is 3.24. The minimum atomic E-state index is -2.83. The second kappa shape index (κ2) is 4.65. The lowest BCUT2D eigenvalue weighted by Gasteiger charge is -2.28. The summed E-state index contributed by atoms with van der Waals surface area (Å²) in [6.45, 7) is 0.520. The minimum absolute atomic E-state index is 0.0434. The molecule has 0 amide bonds. The van der Waals surface area contributed by atoms with Crippen molar-refractivity contribution in [3.05, 3.63) is 23.8 Å². The maximum Gasteiger partial charge on any atom is 0.387 e. The molecule has 2 rings (SSSR count). The molecule has 1 aliphatic rings. The third-order valence-corrected chi connectivity index (χ3v) is 2.35. The Hall–Kier alpha value is -1.36. The molecule has 0 spiro atoms. The Bertz CT molecular complexity index is 367. The van der Waals surface area contributed by atoms with E-state index in [-0.39, 0.29) is 11.9 Å². The highest BCUT2D eigenvalue weighted by atomic mass is 19.3. The summed E-state index contributed by atoms with van der Waals surface area (Å²) in [7, 11) is 0. The molecule has 0 aliphatic carbocycles. The molecule has 5 heteroatoms. The van der Waals surface area contributed by atoms with Gasteiger partial charge in [0.25, 0.3) is 0 Å². The Labute approximate surface area is 92.4 Å². The molecule has 1 aromatic rings. The van der Waals surface area contributed by atoms with Crippen molar-refractivity contribution >= 4 is 0 Å². The van der Waals surface area contributed by atoms with Crippen molar-refractivity contribution in [1.82, 2.24) is 5.32 Å². The number of halogens is 2. The lowest BCUT2D eigenvalue weighted by molar-refractivity contribution is -0.0524. The van der Waals surface area contributed by atoms with Crippen molar-refractivity contribution < 1.29 is 18.3 Å². The topological polar surface area (TPSA) is 30.5 Å². The first kappa shape index (κ1) is 11.1. The molecule has 16 heavy (non-hydrogen) atoms. The zero-order valence-corrected chi connectivity index (χ0v) is 8.87. The van der Waals surface area contributed by atoms with Gasteiger partial charge in [0, 0.05) is 13.1 Å². The van der Waals surface area contributed by atoms with E-state index in [9.17, 15) is 8.78 Å². The fourth-order valence-corrected chi connectivity index (χ4v) is 1.43. The summed E-state index contributed by atoms with van der Waals surface area (Å²) in [4.78, 5) is 0. The maximum atomic E-state index is 12.1. The highest BCUT2D eigenvalue weighted by Gasteiger charge is 2.21. The smallest absolute Gasteiger partial charge is 0.387 e. The van der Waals surface area contributed by atoms with Gasteiger partial charge in [0.15, 0.2) is 11.5 Å². The molecule has 1 heterocycles. The first-order chi connectivity index (χ1) is 7.65. The van der Waals surface area contributed by atoms with Crippen LogP contribution in [0.1, 0.15) is 5.56 Å². The number of aryl methyl sites for hydroxylation is 1. The van der Waals surface area contributed by atoms with Gasteiger partial charge in [-0.3, -0.25) is 0 Å². The van der Waals surface area contributed by atoms with E-state index >= 15 is 0 Å². The van der Waals surface area contributed by atoms with Gasteiger partial charge in [0.05, 0.1) is 0 Å². The van der Waals surface area contributed by atoms with Crippen molar-refractivity contribution in [2.24, 2.45) is 0 Å². The molecule has 0 aromatic heterocycles. The largest absolute Gasteiger partial charge is 0.484 e. The summed E-state index contributed by atoms with van der Waals surface area (Å²) in [5.74, 6) is 0.472. The number of alkyl halides is 2. The van der Waals surface area contributed by atoms with Crippen LogP contribution in [-0.4, -0.2) is 25.8 Å². The molecule has 0 radical (unpaired) electrons. The van der Waals surface area contributed by atoms with Gasteiger partial charge in [-0.1, -0.05) is 6.07 Å². The summed E-state index contributed by atoms with van der Waals surface area (Å²) >= 11 is 0. The van der Waals surface area contributed by atoms with Crippen LogP contribution in [0, 0.1) is 6.92 Å². The molecule has 3 nitrogen and oxygen atoms in total. The third kappa shape index (κ3) is 2.61. The summed E-state index contributed by atoms with van der Waals surface area (Å²) in [5, 5.41) is 3.04. The van der Waals surface area contributed by atoms with Crippen molar-refractivity contribution in [2.75, 3.05) is 13.1 Å². The second-order valence-corrected chi connectivity index (χ2v) is 3.73. The van der Waals surface area contributed by atoms with Crippen molar-refractivity contribution in [2.45, 2.75) is 19.6 Å². The molecular formula is C11H13F2NO2. The lowest BCUT2D eigenvalue weighted by Crippen LogP contribution is -2.50. The van der Waals surface area contributed by atoms with E-state index in [1.807, 2.05) is 6.92 Å². The zero-order valence-electron chi connectivity index (χ0n) is 8.87. The third-order valence-electron chi connectivity index (χ3n) is 2.35. The van der Waals surface area contributed by atoms with Crippen molar-refractivity contribution in [3.8, 4) is 11.5 Å². The van der Waals surface area contributed by atoms with Gasteiger partial charge in [-0.2, -0.15) is 8.78 Å². The Morgan fingerprint density at radius 1 is 1.31 bits per heavy atom. The maximum absolute atomic E-state index is 12.1. The average Bonchev–Trinajstić information content (AvgIpc) is 2.15. The van der Waals surface area contributed by atoms with Gasteiger partial charge in [0.1, 0.15) is 6.10 Å². The summed E-state index contributed by atoms with van der Waals surface area (Å²) in [6, 6.07) is 4.92. The highest BCUT2D eigenvalue weighted by molar-refractivity contribution is 5.42. The number of hydrogen-bond acceptors (Lipinski definition) is 3. The fourth-order valence-electron chi connectivity index (χ4n) is 1.43. The van der Waals surface area contributed by atoms with Crippen LogP contribution >= 0.6 is 0 Å². The average molecular weight is 229 g/mol.